The van der Waals surface area contributed by atoms with E-state index in [0.717, 1.165) is 24.4 Å². The van der Waals surface area contributed by atoms with Crippen molar-refractivity contribution in [1.82, 2.24) is 15.5 Å². The van der Waals surface area contributed by atoms with Gasteiger partial charge in [0.25, 0.3) is 0 Å². The van der Waals surface area contributed by atoms with Crippen LogP contribution in [0.25, 0.3) is 0 Å². The highest BCUT2D eigenvalue weighted by Gasteiger charge is 2.19. The SMILES string of the molecule is CCNC(c1ccc(C)s1)c1cc(C)nnc1CC. The number of hydrogen-bond acceptors (Lipinski definition) is 4. The van der Waals surface area contributed by atoms with Gasteiger partial charge in [-0.15, -0.1) is 11.3 Å². The summed E-state index contributed by atoms with van der Waals surface area (Å²) in [7, 11) is 0. The number of rotatable bonds is 5. The van der Waals surface area contributed by atoms with Crippen LogP contribution >= 0.6 is 11.3 Å². The van der Waals surface area contributed by atoms with Gasteiger partial charge in [0.2, 0.25) is 0 Å². The number of nitrogens with zero attached hydrogens (tertiary/aromatic N) is 2. The number of nitrogens with one attached hydrogen (secondary N) is 1. The minimum Gasteiger partial charge on any atom is -0.306 e. The lowest BCUT2D eigenvalue weighted by molar-refractivity contribution is 0.625. The lowest BCUT2D eigenvalue weighted by Gasteiger charge is -2.19. The Balaban J connectivity index is 2.46. The molecule has 0 aliphatic rings. The van der Waals surface area contributed by atoms with Crippen LogP contribution in [0.3, 0.4) is 0 Å². The Labute approximate surface area is 119 Å². The van der Waals surface area contributed by atoms with Gasteiger partial charge in [-0.05, 0) is 50.6 Å². The fourth-order valence-corrected chi connectivity index (χ4v) is 3.21. The van der Waals surface area contributed by atoms with Crippen LogP contribution < -0.4 is 5.32 Å². The van der Waals surface area contributed by atoms with E-state index < -0.39 is 0 Å². The molecule has 1 unspecified atom stereocenters. The van der Waals surface area contributed by atoms with Crippen LogP contribution in [0, 0.1) is 13.8 Å². The van der Waals surface area contributed by atoms with Crippen molar-refractivity contribution in [3.8, 4) is 0 Å². The largest absolute Gasteiger partial charge is 0.306 e. The van der Waals surface area contributed by atoms with Gasteiger partial charge in [0.15, 0.2) is 0 Å². The molecule has 0 spiro atoms. The maximum absolute atomic E-state index is 4.35. The lowest BCUT2D eigenvalue weighted by Crippen LogP contribution is -2.23. The van der Waals surface area contributed by atoms with E-state index in [1.54, 1.807) is 0 Å². The molecule has 2 aromatic heterocycles. The smallest absolute Gasteiger partial charge is 0.0690 e. The van der Waals surface area contributed by atoms with Crippen molar-refractivity contribution in [2.45, 2.75) is 40.2 Å². The van der Waals surface area contributed by atoms with Crippen LogP contribution in [0.15, 0.2) is 18.2 Å². The van der Waals surface area contributed by atoms with E-state index in [2.05, 4.69) is 54.5 Å². The molecule has 102 valence electrons. The van der Waals surface area contributed by atoms with Crippen molar-refractivity contribution in [1.29, 1.82) is 0 Å². The maximum atomic E-state index is 4.35. The molecule has 4 heteroatoms. The quantitative estimate of drug-likeness (QED) is 0.908. The van der Waals surface area contributed by atoms with Crippen molar-refractivity contribution < 1.29 is 0 Å². The third-order valence-electron chi connectivity index (χ3n) is 3.13. The highest BCUT2D eigenvalue weighted by atomic mass is 32.1. The third kappa shape index (κ3) is 3.19. The van der Waals surface area contributed by atoms with Crippen LogP contribution in [0.4, 0.5) is 0 Å². The van der Waals surface area contributed by atoms with E-state index in [-0.39, 0.29) is 6.04 Å². The second-order valence-electron chi connectivity index (χ2n) is 4.68. The van der Waals surface area contributed by atoms with Gasteiger partial charge in [-0.1, -0.05) is 13.8 Å². The number of hydrogen-bond donors (Lipinski definition) is 1. The summed E-state index contributed by atoms with van der Waals surface area (Å²) in [6.07, 6.45) is 0.912. The van der Waals surface area contributed by atoms with Gasteiger partial charge in [0, 0.05) is 9.75 Å². The Morgan fingerprint density at radius 3 is 2.58 bits per heavy atom. The molecule has 1 N–H and O–H groups in total. The van der Waals surface area contributed by atoms with Gasteiger partial charge in [-0.2, -0.15) is 10.2 Å². The standard InChI is InChI=1S/C15H21N3S/c1-5-13-12(9-10(3)17-18-13)15(16-6-2)14-8-7-11(4)19-14/h7-9,15-16H,5-6H2,1-4H3. The number of thiophene rings is 1. The summed E-state index contributed by atoms with van der Waals surface area (Å²) in [6, 6.07) is 6.78. The average Bonchev–Trinajstić information content (AvgIpc) is 2.82. The van der Waals surface area contributed by atoms with E-state index in [1.165, 1.54) is 15.3 Å². The lowest BCUT2D eigenvalue weighted by atomic mass is 10.0. The van der Waals surface area contributed by atoms with Crippen molar-refractivity contribution >= 4 is 11.3 Å². The van der Waals surface area contributed by atoms with Gasteiger partial charge >= 0.3 is 0 Å². The Bertz CT molecular complexity index is 548. The number of aryl methyl sites for hydroxylation is 3. The third-order valence-corrected chi connectivity index (χ3v) is 4.19. The predicted octanol–water partition coefficient (Wildman–Crippen LogP) is 3.42. The van der Waals surface area contributed by atoms with Crippen LogP contribution in [-0.4, -0.2) is 16.7 Å². The topological polar surface area (TPSA) is 37.8 Å². The summed E-state index contributed by atoms with van der Waals surface area (Å²) in [6.45, 7) is 9.35. The zero-order chi connectivity index (χ0) is 13.8. The fraction of sp³-hybridized carbons (Fsp3) is 0.467. The molecule has 1 atom stereocenters. The molecule has 0 saturated heterocycles. The highest BCUT2D eigenvalue weighted by Crippen LogP contribution is 2.30. The molecule has 0 aliphatic carbocycles. The van der Waals surface area contributed by atoms with E-state index in [1.807, 2.05) is 18.3 Å². The minimum absolute atomic E-state index is 0.229. The summed E-state index contributed by atoms with van der Waals surface area (Å²) in [5.41, 5.74) is 3.32. The van der Waals surface area contributed by atoms with Crippen molar-refractivity contribution in [3.63, 3.8) is 0 Å². The van der Waals surface area contributed by atoms with Crippen LogP contribution in [0.1, 0.15) is 46.6 Å². The monoisotopic (exact) mass is 275 g/mol. The molecule has 2 heterocycles. The summed E-state index contributed by atoms with van der Waals surface area (Å²) >= 11 is 1.84. The summed E-state index contributed by atoms with van der Waals surface area (Å²) in [5, 5.41) is 12.1. The summed E-state index contributed by atoms with van der Waals surface area (Å²) in [4.78, 5) is 2.69. The molecule has 0 aromatic carbocycles. The minimum atomic E-state index is 0.229. The number of aromatic nitrogens is 2. The molecule has 0 radical (unpaired) electrons. The van der Waals surface area contributed by atoms with E-state index in [0.29, 0.717) is 0 Å². The maximum Gasteiger partial charge on any atom is 0.0690 e. The first kappa shape index (κ1) is 14.2. The normalized spacial score (nSPS) is 12.6. The zero-order valence-electron chi connectivity index (χ0n) is 12.0. The Morgan fingerprint density at radius 2 is 2.00 bits per heavy atom. The molecule has 0 saturated carbocycles. The second-order valence-corrected chi connectivity index (χ2v) is 6.00. The first-order valence-corrected chi connectivity index (χ1v) is 7.60. The van der Waals surface area contributed by atoms with Gasteiger partial charge in [0.05, 0.1) is 17.4 Å². The first-order chi connectivity index (χ1) is 9.15. The van der Waals surface area contributed by atoms with Crippen LogP contribution in [-0.2, 0) is 6.42 Å². The van der Waals surface area contributed by atoms with Crippen molar-refractivity contribution in [3.05, 3.63) is 44.9 Å². The van der Waals surface area contributed by atoms with E-state index in [9.17, 15) is 0 Å². The molecule has 2 rings (SSSR count). The van der Waals surface area contributed by atoms with E-state index >= 15 is 0 Å². The van der Waals surface area contributed by atoms with Crippen LogP contribution in [0.2, 0.25) is 0 Å². The van der Waals surface area contributed by atoms with Crippen molar-refractivity contribution in [2.24, 2.45) is 0 Å². The highest BCUT2D eigenvalue weighted by molar-refractivity contribution is 7.12. The Morgan fingerprint density at radius 1 is 1.21 bits per heavy atom. The predicted molar refractivity (Wildman–Crippen MR) is 80.7 cm³/mol. The second kappa shape index (κ2) is 6.26. The molecular formula is C15H21N3S. The molecule has 2 aromatic rings. The van der Waals surface area contributed by atoms with Gasteiger partial charge < -0.3 is 5.32 Å². The molecule has 0 fully saturated rings. The van der Waals surface area contributed by atoms with Crippen molar-refractivity contribution in [2.75, 3.05) is 6.54 Å². The Kier molecular flexibility index (Phi) is 4.66. The molecule has 0 amide bonds. The van der Waals surface area contributed by atoms with Crippen LogP contribution in [0.5, 0.6) is 0 Å². The molecular weight excluding hydrogens is 254 g/mol. The Hall–Kier alpha value is -1.26. The molecule has 0 aliphatic heterocycles. The molecule has 0 bridgehead atoms. The summed E-state index contributed by atoms with van der Waals surface area (Å²) < 4.78 is 0. The fourth-order valence-electron chi connectivity index (χ4n) is 2.24. The van der Waals surface area contributed by atoms with E-state index in [4.69, 9.17) is 0 Å². The zero-order valence-corrected chi connectivity index (χ0v) is 12.8. The first-order valence-electron chi connectivity index (χ1n) is 6.78. The average molecular weight is 275 g/mol. The molecule has 3 nitrogen and oxygen atoms in total. The van der Waals surface area contributed by atoms with Gasteiger partial charge in [0.1, 0.15) is 0 Å². The van der Waals surface area contributed by atoms with Gasteiger partial charge in [-0.25, -0.2) is 0 Å². The van der Waals surface area contributed by atoms with Gasteiger partial charge in [-0.3, -0.25) is 0 Å². The molecule has 19 heavy (non-hydrogen) atoms. The summed E-state index contributed by atoms with van der Waals surface area (Å²) in [5.74, 6) is 0.